The van der Waals surface area contributed by atoms with E-state index < -0.39 is 0 Å². The maximum atomic E-state index is 11.9. The summed E-state index contributed by atoms with van der Waals surface area (Å²) in [5.41, 5.74) is 3.88. The zero-order chi connectivity index (χ0) is 15.4. The molecular formula is C17H18ClNO2. The molecule has 4 heteroatoms. The van der Waals surface area contributed by atoms with Gasteiger partial charge in [0.1, 0.15) is 5.75 Å². The van der Waals surface area contributed by atoms with Crippen LogP contribution in [0.1, 0.15) is 16.7 Å². The van der Waals surface area contributed by atoms with Crippen molar-refractivity contribution < 1.29 is 9.53 Å². The van der Waals surface area contributed by atoms with Gasteiger partial charge in [0.15, 0.2) is 6.61 Å². The molecule has 3 nitrogen and oxygen atoms in total. The first-order valence-corrected chi connectivity index (χ1v) is 7.09. The lowest BCUT2D eigenvalue weighted by atomic mass is 10.1. The Morgan fingerprint density at radius 2 is 1.76 bits per heavy atom. The average Bonchev–Trinajstić information content (AvgIpc) is 2.40. The molecule has 21 heavy (non-hydrogen) atoms. The summed E-state index contributed by atoms with van der Waals surface area (Å²) in [5.74, 6) is 0.491. The largest absolute Gasteiger partial charge is 0.484 e. The first-order valence-electron chi connectivity index (χ1n) is 6.71. The molecular weight excluding hydrogens is 286 g/mol. The zero-order valence-electron chi connectivity index (χ0n) is 12.4. The molecule has 0 aromatic heterocycles. The number of hydrogen-bond donors (Lipinski definition) is 1. The first-order chi connectivity index (χ1) is 9.94. The molecule has 1 amide bonds. The molecule has 0 saturated carbocycles. The summed E-state index contributed by atoms with van der Waals surface area (Å²) in [5, 5.41) is 3.39. The van der Waals surface area contributed by atoms with Crippen LogP contribution in [0.3, 0.4) is 0 Å². The van der Waals surface area contributed by atoms with Gasteiger partial charge in [-0.25, -0.2) is 0 Å². The lowest BCUT2D eigenvalue weighted by Crippen LogP contribution is -2.20. The normalized spacial score (nSPS) is 10.3. The smallest absolute Gasteiger partial charge is 0.262 e. The number of anilines is 1. The second kappa shape index (κ2) is 6.64. The molecule has 2 rings (SSSR count). The van der Waals surface area contributed by atoms with E-state index in [4.69, 9.17) is 16.3 Å². The second-order valence-electron chi connectivity index (χ2n) is 5.12. The predicted molar refractivity (Wildman–Crippen MR) is 86.2 cm³/mol. The van der Waals surface area contributed by atoms with E-state index in [1.165, 1.54) is 0 Å². The SMILES string of the molecule is Cc1cc(C)cc(OCC(=O)Nc2cc(Cl)ccc2C)c1. The van der Waals surface area contributed by atoms with E-state index in [0.717, 1.165) is 16.7 Å². The van der Waals surface area contributed by atoms with E-state index in [9.17, 15) is 4.79 Å². The van der Waals surface area contributed by atoms with Crippen molar-refractivity contribution in [1.29, 1.82) is 0 Å². The Bertz CT molecular complexity index is 648. The molecule has 0 unspecified atom stereocenters. The summed E-state index contributed by atoms with van der Waals surface area (Å²) in [6, 6.07) is 11.3. The van der Waals surface area contributed by atoms with Crippen LogP contribution in [0, 0.1) is 20.8 Å². The van der Waals surface area contributed by atoms with Gasteiger partial charge in [-0.3, -0.25) is 4.79 Å². The van der Waals surface area contributed by atoms with E-state index in [0.29, 0.717) is 16.5 Å². The number of hydrogen-bond acceptors (Lipinski definition) is 2. The summed E-state index contributed by atoms with van der Waals surface area (Å²) in [6.45, 7) is 5.87. The summed E-state index contributed by atoms with van der Waals surface area (Å²) in [4.78, 5) is 11.9. The van der Waals surface area contributed by atoms with Crippen molar-refractivity contribution in [3.8, 4) is 5.75 Å². The van der Waals surface area contributed by atoms with Crippen LogP contribution in [0.5, 0.6) is 5.75 Å². The third-order valence-electron chi connectivity index (χ3n) is 3.04. The van der Waals surface area contributed by atoms with Crippen LogP contribution < -0.4 is 10.1 Å². The van der Waals surface area contributed by atoms with Gasteiger partial charge < -0.3 is 10.1 Å². The van der Waals surface area contributed by atoms with E-state index in [2.05, 4.69) is 11.4 Å². The van der Waals surface area contributed by atoms with Gasteiger partial charge >= 0.3 is 0 Å². The molecule has 2 aromatic carbocycles. The minimum absolute atomic E-state index is 0.0329. The summed E-state index contributed by atoms with van der Waals surface area (Å²) in [6.07, 6.45) is 0. The molecule has 1 N–H and O–H groups in total. The fourth-order valence-corrected chi connectivity index (χ4v) is 2.25. The van der Waals surface area contributed by atoms with Crippen LogP contribution in [0.15, 0.2) is 36.4 Å². The molecule has 0 aliphatic heterocycles. The molecule has 0 saturated heterocycles. The molecule has 0 radical (unpaired) electrons. The third kappa shape index (κ3) is 4.50. The molecule has 0 heterocycles. The van der Waals surface area contributed by atoms with Gasteiger partial charge in [-0.1, -0.05) is 23.7 Å². The topological polar surface area (TPSA) is 38.3 Å². The van der Waals surface area contributed by atoms with Gasteiger partial charge in [0, 0.05) is 10.7 Å². The highest BCUT2D eigenvalue weighted by Gasteiger charge is 2.07. The Balaban J connectivity index is 1.97. The highest BCUT2D eigenvalue weighted by molar-refractivity contribution is 6.31. The van der Waals surface area contributed by atoms with Gasteiger partial charge in [0.2, 0.25) is 0 Å². The van der Waals surface area contributed by atoms with E-state index >= 15 is 0 Å². The van der Waals surface area contributed by atoms with Gasteiger partial charge in [-0.2, -0.15) is 0 Å². The Kier molecular flexibility index (Phi) is 4.86. The van der Waals surface area contributed by atoms with Crippen molar-refractivity contribution in [2.75, 3.05) is 11.9 Å². The van der Waals surface area contributed by atoms with Crippen LogP contribution in [0.4, 0.5) is 5.69 Å². The fourth-order valence-electron chi connectivity index (χ4n) is 2.08. The Morgan fingerprint density at radius 3 is 2.43 bits per heavy atom. The minimum Gasteiger partial charge on any atom is -0.484 e. The van der Waals surface area contributed by atoms with E-state index in [1.54, 1.807) is 12.1 Å². The van der Waals surface area contributed by atoms with Crippen LogP contribution in [0.2, 0.25) is 5.02 Å². The lowest BCUT2D eigenvalue weighted by molar-refractivity contribution is -0.118. The van der Waals surface area contributed by atoms with E-state index in [-0.39, 0.29) is 12.5 Å². The number of ether oxygens (including phenoxy) is 1. The maximum Gasteiger partial charge on any atom is 0.262 e. The van der Waals surface area contributed by atoms with Crippen molar-refractivity contribution in [2.24, 2.45) is 0 Å². The monoisotopic (exact) mass is 303 g/mol. The van der Waals surface area contributed by atoms with Gasteiger partial charge in [-0.05, 0) is 61.7 Å². The number of amides is 1. The Labute approximate surface area is 129 Å². The number of rotatable bonds is 4. The van der Waals surface area contributed by atoms with Crippen LogP contribution in [0.25, 0.3) is 0 Å². The second-order valence-corrected chi connectivity index (χ2v) is 5.56. The lowest BCUT2D eigenvalue weighted by Gasteiger charge is -2.11. The fraction of sp³-hybridized carbons (Fsp3) is 0.235. The summed E-state index contributed by atoms with van der Waals surface area (Å²) in [7, 11) is 0. The standard InChI is InChI=1S/C17H18ClNO2/c1-11-6-12(2)8-15(7-11)21-10-17(20)19-16-9-14(18)5-4-13(16)3/h4-9H,10H2,1-3H3,(H,19,20). The average molecular weight is 304 g/mol. The molecule has 0 aliphatic rings. The van der Waals surface area contributed by atoms with Crippen LogP contribution in [-0.4, -0.2) is 12.5 Å². The molecule has 0 aliphatic carbocycles. The number of aryl methyl sites for hydroxylation is 3. The number of carbonyl (C=O) groups is 1. The minimum atomic E-state index is -0.209. The third-order valence-corrected chi connectivity index (χ3v) is 3.27. The maximum absolute atomic E-state index is 11.9. The van der Waals surface area contributed by atoms with Gasteiger partial charge in [0.25, 0.3) is 5.91 Å². The number of halogens is 1. The van der Waals surface area contributed by atoms with Crippen molar-refractivity contribution in [3.05, 3.63) is 58.1 Å². The molecule has 0 fully saturated rings. The Hall–Kier alpha value is -2.00. The molecule has 0 spiro atoms. The molecule has 2 aromatic rings. The zero-order valence-corrected chi connectivity index (χ0v) is 13.1. The Morgan fingerprint density at radius 1 is 1.10 bits per heavy atom. The highest BCUT2D eigenvalue weighted by atomic mass is 35.5. The molecule has 110 valence electrons. The number of carbonyl (C=O) groups excluding carboxylic acids is 1. The number of benzene rings is 2. The van der Waals surface area contributed by atoms with Crippen LogP contribution in [-0.2, 0) is 4.79 Å². The highest BCUT2D eigenvalue weighted by Crippen LogP contribution is 2.20. The molecule has 0 atom stereocenters. The predicted octanol–water partition coefficient (Wildman–Crippen LogP) is 4.28. The van der Waals surface area contributed by atoms with Crippen LogP contribution >= 0.6 is 11.6 Å². The van der Waals surface area contributed by atoms with Crippen molar-refractivity contribution >= 4 is 23.2 Å². The van der Waals surface area contributed by atoms with Crippen molar-refractivity contribution in [2.45, 2.75) is 20.8 Å². The molecule has 0 bridgehead atoms. The van der Waals surface area contributed by atoms with Gasteiger partial charge in [0.05, 0.1) is 0 Å². The van der Waals surface area contributed by atoms with Crippen molar-refractivity contribution in [3.63, 3.8) is 0 Å². The van der Waals surface area contributed by atoms with Crippen molar-refractivity contribution in [1.82, 2.24) is 0 Å². The summed E-state index contributed by atoms with van der Waals surface area (Å²) < 4.78 is 5.53. The quantitative estimate of drug-likeness (QED) is 0.915. The summed E-state index contributed by atoms with van der Waals surface area (Å²) >= 11 is 5.93. The first kappa shape index (κ1) is 15.4. The van der Waals surface area contributed by atoms with Gasteiger partial charge in [-0.15, -0.1) is 0 Å². The number of nitrogens with one attached hydrogen (secondary N) is 1. The van der Waals surface area contributed by atoms with E-state index in [1.807, 2.05) is 39.0 Å².